The van der Waals surface area contributed by atoms with E-state index in [4.69, 9.17) is 4.42 Å². The Balaban J connectivity index is 1.62. The zero-order valence-corrected chi connectivity index (χ0v) is 13.0. The number of aliphatic hydroxyl groups is 1. The third-order valence-electron chi connectivity index (χ3n) is 3.88. The summed E-state index contributed by atoms with van der Waals surface area (Å²) in [5, 5.41) is 15.3. The molecule has 3 amide bonds. The molecule has 2 aromatic rings. The zero-order valence-electron chi connectivity index (χ0n) is 13.0. The molecule has 1 saturated heterocycles. The Bertz CT molecular complexity index is 687. The summed E-state index contributed by atoms with van der Waals surface area (Å²) in [5.74, 6) is 0.313. The normalized spacial score (nSPS) is 20.0. The van der Waals surface area contributed by atoms with Gasteiger partial charge in [-0.3, -0.25) is 4.79 Å². The third kappa shape index (κ3) is 3.75. The summed E-state index contributed by atoms with van der Waals surface area (Å²) in [4.78, 5) is 26.1. The van der Waals surface area contributed by atoms with Crippen LogP contribution in [0.2, 0.25) is 0 Å². The number of para-hydroxylation sites is 1. The maximum absolute atomic E-state index is 12.4. The molecule has 2 atom stereocenters. The predicted octanol–water partition coefficient (Wildman–Crippen LogP) is 1.56. The molecular weight excluding hydrogens is 310 g/mol. The van der Waals surface area contributed by atoms with Gasteiger partial charge in [0.1, 0.15) is 11.8 Å². The number of anilines is 1. The van der Waals surface area contributed by atoms with E-state index in [1.54, 1.807) is 24.3 Å². The number of likely N-dealkylation sites (tertiary alicyclic amines) is 1. The highest BCUT2D eigenvalue weighted by atomic mass is 16.3. The number of carbonyl (C=O) groups is 2. The van der Waals surface area contributed by atoms with E-state index in [1.807, 2.05) is 18.2 Å². The number of aliphatic hydroxyl groups excluding tert-OH is 1. The Morgan fingerprint density at radius 2 is 2.00 bits per heavy atom. The summed E-state index contributed by atoms with van der Waals surface area (Å²) >= 11 is 0. The molecule has 3 N–H and O–H groups in total. The quantitative estimate of drug-likeness (QED) is 0.793. The fourth-order valence-corrected chi connectivity index (χ4v) is 2.71. The molecule has 7 heteroatoms. The number of β-amino-alcohol motifs (C(OH)–C–C–N with tert-alkyl or cyclic N) is 1. The number of benzene rings is 1. The Kier molecular flexibility index (Phi) is 4.81. The lowest BCUT2D eigenvalue weighted by atomic mass is 10.2. The molecule has 0 saturated carbocycles. The minimum Gasteiger partial charge on any atom is -0.467 e. The van der Waals surface area contributed by atoms with Crippen molar-refractivity contribution in [3.8, 4) is 0 Å². The van der Waals surface area contributed by atoms with Crippen molar-refractivity contribution in [1.29, 1.82) is 0 Å². The largest absolute Gasteiger partial charge is 0.467 e. The van der Waals surface area contributed by atoms with E-state index in [2.05, 4.69) is 10.6 Å². The number of carbonyl (C=O) groups excluding carboxylic acids is 2. The van der Waals surface area contributed by atoms with Gasteiger partial charge in [-0.1, -0.05) is 18.2 Å². The molecule has 2 heterocycles. The van der Waals surface area contributed by atoms with Crippen LogP contribution in [0.15, 0.2) is 53.1 Å². The van der Waals surface area contributed by atoms with Crippen molar-refractivity contribution in [3.05, 3.63) is 54.5 Å². The summed E-state index contributed by atoms with van der Waals surface area (Å²) in [5.41, 5.74) is 0.638. The van der Waals surface area contributed by atoms with E-state index in [0.29, 0.717) is 11.4 Å². The number of furan rings is 1. The SMILES string of the molecule is O=C(NCc1ccco1)[C@H]1C[C@@H](O)CN1C(=O)Nc1ccccc1. The molecule has 0 aliphatic carbocycles. The van der Waals surface area contributed by atoms with Gasteiger partial charge in [-0.25, -0.2) is 4.79 Å². The van der Waals surface area contributed by atoms with Gasteiger partial charge in [0, 0.05) is 18.7 Å². The van der Waals surface area contributed by atoms with Gasteiger partial charge in [0.2, 0.25) is 5.91 Å². The molecule has 7 nitrogen and oxygen atoms in total. The number of urea groups is 1. The van der Waals surface area contributed by atoms with Crippen LogP contribution in [0.3, 0.4) is 0 Å². The van der Waals surface area contributed by atoms with Gasteiger partial charge in [-0.05, 0) is 24.3 Å². The second-order valence-electron chi connectivity index (χ2n) is 5.65. The highest BCUT2D eigenvalue weighted by Crippen LogP contribution is 2.20. The molecule has 0 bridgehead atoms. The lowest BCUT2D eigenvalue weighted by molar-refractivity contribution is -0.125. The summed E-state index contributed by atoms with van der Waals surface area (Å²) < 4.78 is 5.16. The van der Waals surface area contributed by atoms with Gasteiger partial charge in [-0.15, -0.1) is 0 Å². The predicted molar refractivity (Wildman–Crippen MR) is 87.1 cm³/mol. The zero-order chi connectivity index (χ0) is 16.9. The van der Waals surface area contributed by atoms with E-state index in [0.717, 1.165) is 0 Å². The van der Waals surface area contributed by atoms with Crippen LogP contribution in [0.1, 0.15) is 12.2 Å². The van der Waals surface area contributed by atoms with Gasteiger partial charge < -0.3 is 25.1 Å². The summed E-state index contributed by atoms with van der Waals surface area (Å²) in [7, 11) is 0. The molecule has 0 unspecified atom stereocenters. The summed E-state index contributed by atoms with van der Waals surface area (Å²) in [6.45, 7) is 0.365. The van der Waals surface area contributed by atoms with E-state index >= 15 is 0 Å². The monoisotopic (exact) mass is 329 g/mol. The molecule has 1 fully saturated rings. The highest BCUT2D eigenvalue weighted by Gasteiger charge is 2.38. The minimum atomic E-state index is -0.717. The standard InChI is InChI=1S/C17H19N3O4/c21-13-9-15(16(22)18-10-14-7-4-8-24-14)20(11-13)17(23)19-12-5-2-1-3-6-12/h1-8,13,15,21H,9-11H2,(H,18,22)(H,19,23)/t13-,15-/m1/s1. The average molecular weight is 329 g/mol. The van der Waals surface area contributed by atoms with Crippen molar-refractivity contribution in [3.63, 3.8) is 0 Å². The van der Waals surface area contributed by atoms with Crippen molar-refractivity contribution in [1.82, 2.24) is 10.2 Å². The number of hydrogen-bond acceptors (Lipinski definition) is 4. The summed E-state index contributed by atoms with van der Waals surface area (Å²) in [6, 6.07) is 11.4. The van der Waals surface area contributed by atoms with Gasteiger partial charge in [0.05, 0.1) is 18.9 Å². The fourth-order valence-electron chi connectivity index (χ4n) is 2.71. The Morgan fingerprint density at radius 1 is 1.21 bits per heavy atom. The second kappa shape index (κ2) is 7.18. The van der Waals surface area contributed by atoms with E-state index in [-0.39, 0.29) is 25.4 Å². The Hall–Kier alpha value is -2.80. The molecule has 0 spiro atoms. The van der Waals surface area contributed by atoms with Crippen molar-refractivity contribution in [2.45, 2.75) is 25.1 Å². The topological polar surface area (TPSA) is 94.8 Å². The van der Waals surface area contributed by atoms with Crippen molar-refractivity contribution in [2.24, 2.45) is 0 Å². The van der Waals surface area contributed by atoms with Crippen molar-refractivity contribution >= 4 is 17.6 Å². The molecule has 1 aromatic heterocycles. The number of amides is 3. The maximum atomic E-state index is 12.4. The van der Waals surface area contributed by atoms with Crippen LogP contribution in [-0.4, -0.2) is 40.6 Å². The van der Waals surface area contributed by atoms with Gasteiger partial charge >= 0.3 is 6.03 Å². The molecular formula is C17H19N3O4. The van der Waals surface area contributed by atoms with Crippen LogP contribution in [0.4, 0.5) is 10.5 Å². The first kappa shape index (κ1) is 16.1. The molecule has 3 rings (SSSR count). The van der Waals surface area contributed by atoms with E-state index < -0.39 is 18.2 Å². The van der Waals surface area contributed by atoms with Crippen LogP contribution in [-0.2, 0) is 11.3 Å². The van der Waals surface area contributed by atoms with Crippen molar-refractivity contribution in [2.75, 3.05) is 11.9 Å². The Labute approximate surface area is 139 Å². The van der Waals surface area contributed by atoms with Gasteiger partial charge in [-0.2, -0.15) is 0 Å². The first-order valence-electron chi connectivity index (χ1n) is 7.74. The molecule has 1 aliphatic heterocycles. The summed E-state index contributed by atoms with van der Waals surface area (Å²) in [6.07, 6.45) is 1.03. The van der Waals surface area contributed by atoms with Crippen LogP contribution >= 0.6 is 0 Å². The molecule has 0 radical (unpaired) electrons. The lowest BCUT2D eigenvalue weighted by Crippen LogP contribution is -2.47. The number of hydrogen-bond donors (Lipinski definition) is 3. The number of rotatable bonds is 4. The van der Waals surface area contributed by atoms with Gasteiger partial charge in [0.25, 0.3) is 0 Å². The van der Waals surface area contributed by atoms with Crippen LogP contribution < -0.4 is 10.6 Å². The fraction of sp³-hybridized carbons (Fsp3) is 0.294. The average Bonchev–Trinajstić information content (AvgIpc) is 3.23. The van der Waals surface area contributed by atoms with E-state index in [1.165, 1.54) is 11.2 Å². The third-order valence-corrected chi connectivity index (χ3v) is 3.88. The van der Waals surface area contributed by atoms with Crippen LogP contribution in [0.25, 0.3) is 0 Å². The van der Waals surface area contributed by atoms with E-state index in [9.17, 15) is 14.7 Å². The van der Waals surface area contributed by atoms with Gasteiger partial charge in [0.15, 0.2) is 0 Å². The molecule has 126 valence electrons. The smallest absolute Gasteiger partial charge is 0.322 e. The van der Waals surface area contributed by atoms with Crippen LogP contribution in [0.5, 0.6) is 0 Å². The minimum absolute atomic E-state index is 0.123. The number of nitrogens with one attached hydrogen (secondary N) is 2. The molecule has 1 aliphatic rings. The van der Waals surface area contributed by atoms with Crippen LogP contribution in [0, 0.1) is 0 Å². The molecule has 24 heavy (non-hydrogen) atoms. The molecule has 1 aromatic carbocycles. The highest BCUT2D eigenvalue weighted by molar-refractivity contribution is 5.94. The second-order valence-corrected chi connectivity index (χ2v) is 5.65. The van der Waals surface area contributed by atoms with Crippen molar-refractivity contribution < 1.29 is 19.1 Å². The number of nitrogens with zero attached hydrogens (tertiary/aromatic N) is 1. The first-order chi connectivity index (χ1) is 11.6. The lowest BCUT2D eigenvalue weighted by Gasteiger charge is -2.23. The first-order valence-corrected chi connectivity index (χ1v) is 7.74. The Morgan fingerprint density at radius 3 is 2.71 bits per heavy atom. The maximum Gasteiger partial charge on any atom is 0.322 e.